The summed E-state index contributed by atoms with van der Waals surface area (Å²) in [7, 11) is 4.04. The Bertz CT molecular complexity index is 893. The van der Waals surface area contributed by atoms with Gasteiger partial charge in [0.1, 0.15) is 0 Å². The SMILES string of the molecule is CCOC1CC2NCC(C#N)C(NC3CC(Cl)C(OCC4NCCCC4C)CC3Cl)C2CC1NC(=O)CCCN(C)C. The van der Waals surface area contributed by atoms with Crippen LogP contribution in [0.1, 0.15) is 65.2 Å². The molecule has 2 saturated heterocycles. The number of nitrogens with one attached hydrogen (secondary N) is 4. The van der Waals surface area contributed by atoms with Crippen molar-refractivity contribution in [2.75, 3.05) is 46.9 Å². The molecule has 0 spiro atoms. The van der Waals surface area contributed by atoms with E-state index in [4.69, 9.17) is 32.7 Å². The summed E-state index contributed by atoms with van der Waals surface area (Å²) in [6, 6.07) is 2.97. The lowest BCUT2D eigenvalue weighted by molar-refractivity contribution is -0.124. The van der Waals surface area contributed by atoms with Gasteiger partial charge in [0.25, 0.3) is 0 Å². The first kappa shape index (κ1) is 34.2. The molecule has 2 aliphatic carbocycles. The summed E-state index contributed by atoms with van der Waals surface area (Å²) < 4.78 is 12.5. The van der Waals surface area contributed by atoms with Crippen LogP contribution in [0.5, 0.6) is 0 Å². The largest absolute Gasteiger partial charge is 0.376 e. The molecule has 0 radical (unpaired) electrons. The van der Waals surface area contributed by atoms with Gasteiger partial charge in [-0.05, 0) is 90.9 Å². The molecule has 42 heavy (non-hydrogen) atoms. The maximum atomic E-state index is 12.9. The van der Waals surface area contributed by atoms with Crippen molar-refractivity contribution in [2.45, 2.75) is 118 Å². The van der Waals surface area contributed by atoms with Crippen LogP contribution in [0, 0.1) is 29.1 Å². The molecule has 0 aromatic carbocycles. The van der Waals surface area contributed by atoms with Crippen LogP contribution in [0.4, 0.5) is 0 Å². The number of halogens is 2. The van der Waals surface area contributed by atoms with Crippen molar-refractivity contribution in [3.63, 3.8) is 0 Å². The first-order chi connectivity index (χ1) is 20.2. The van der Waals surface area contributed by atoms with Crippen LogP contribution in [0.15, 0.2) is 0 Å². The molecular formula is C31H54Cl2N6O3. The number of nitriles is 1. The second-order valence-corrected chi connectivity index (χ2v) is 14.4. The summed E-state index contributed by atoms with van der Waals surface area (Å²) in [5.41, 5.74) is 0. The highest BCUT2D eigenvalue weighted by Crippen LogP contribution is 2.37. The lowest BCUT2D eigenvalue weighted by Crippen LogP contribution is -2.67. The normalized spacial score (nSPS) is 40.7. The van der Waals surface area contributed by atoms with E-state index in [1.54, 1.807) is 0 Å². The van der Waals surface area contributed by atoms with Gasteiger partial charge in [-0.1, -0.05) is 6.92 Å². The van der Waals surface area contributed by atoms with Crippen LogP contribution < -0.4 is 21.3 Å². The highest BCUT2D eigenvalue weighted by molar-refractivity contribution is 6.23. The van der Waals surface area contributed by atoms with Gasteiger partial charge in [-0.2, -0.15) is 5.26 Å². The van der Waals surface area contributed by atoms with E-state index in [1.807, 2.05) is 21.0 Å². The number of carbonyl (C=O) groups is 1. The van der Waals surface area contributed by atoms with Crippen molar-refractivity contribution in [3.05, 3.63) is 0 Å². The molecule has 0 aromatic heterocycles. The number of nitrogens with zero attached hydrogens (tertiary/aromatic N) is 2. The Balaban J connectivity index is 1.38. The average Bonchev–Trinajstić information content (AvgIpc) is 2.95. The van der Waals surface area contributed by atoms with Gasteiger partial charge < -0.3 is 35.6 Å². The second kappa shape index (κ2) is 16.6. The zero-order valence-corrected chi connectivity index (χ0v) is 27.5. The molecule has 4 N–H and O–H groups in total. The third-order valence-corrected chi connectivity index (χ3v) is 10.9. The minimum atomic E-state index is -0.197. The van der Waals surface area contributed by atoms with Gasteiger partial charge in [0, 0.05) is 43.7 Å². The number of hydrogen-bond acceptors (Lipinski definition) is 8. The van der Waals surface area contributed by atoms with E-state index in [0.29, 0.717) is 51.0 Å². The minimum Gasteiger partial charge on any atom is -0.376 e. The fraction of sp³-hybridized carbons (Fsp3) is 0.935. The lowest BCUT2D eigenvalue weighted by Gasteiger charge is -2.50. The fourth-order valence-corrected chi connectivity index (χ4v) is 8.24. The van der Waals surface area contributed by atoms with Crippen molar-refractivity contribution < 1.29 is 14.3 Å². The highest BCUT2D eigenvalue weighted by Gasteiger charge is 2.48. The molecule has 9 nitrogen and oxygen atoms in total. The summed E-state index contributed by atoms with van der Waals surface area (Å²) in [5, 5.41) is 24.2. The predicted octanol–water partition coefficient (Wildman–Crippen LogP) is 2.85. The third kappa shape index (κ3) is 9.17. The monoisotopic (exact) mass is 628 g/mol. The predicted molar refractivity (Wildman–Crippen MR) is 168 cm³/mol. The number of carbonyl (C=O) groups excluding carboxylic acids is 1. The molecule has 12 unspecified atom stereocenters. The molecule has 4 fully saturated rings. The van der Waals surface area contributed by atoms with Crippen LogP contribution >= 0.6 is 23.2 Å². The van der Waals surface area contributed by atoms with Gasteiger partial charge in [-0.3, -0.25) is 4.79 Å². The molecule has 12 atom stereocenters. The Morgan fingerprint density at radius 3 is 2.60 bits per heavy atom. The zero-order valence-electron chi connectivity index (χ0n) is 26.0. The number of hydrogen-bond donors (Lipinski definition) is 4. The quantitative estimate of drug-likeness (QED) is 0.244. The number of rotatable bonds is 12. The first-order valence-corrected chi connectivity index (χ1v) is 17.1. The van der Waals surface area contributed by atoms with Gasteiger partial charge in [0.15, 0.2) is 0 Å². The average molecular weight is 630 g/mol. The molecule has 0 bridgehead atoms. The molecule has 4 rings (SSSR count). The van der Waals surface area contributed by atoms with E-state index in [1.165, 1.54) is 12.8 Å². The topological polar surface area (TPSA) is 111 Å². The summed E-state index contributed by atoms with van der Waals surface area (Å²) in [6.07, 6.45) is 6.55. The Morgan fingerprint density at radius 2 is 1.88 bits per heavy atom. The second-order valence-electron chi connectivity index (χ2n) is 13.3. The van der Waals surface area contributed by atoms with Gasteiger partial charge in [-0.25, -0.2) is 0 Å². The van der Waals surface area contributed by atoms with Crippen molar-refractivity contribution >= 4 is 29.1 Å². The van der Waals surface area contributed by atoms with Crippen LogP contribution in [0.25, 0.3) is 0 Å². The summed E-state index contributed by atoms with van der Waals surface area (Å²) in [4.78, 5) is 15.0. The number of piperidine rings is 2. The van der Waals surface area contributed by atoms with E-state index in [-0.39, 0.29) is 64.9 Å². The van der Waals surface area contributed by atoms with Crippen molar-refractivity contribution in [1.29, 1.82) is 5.26 Å². The molecule has 2 heterocycles. The molecule has 11 heteroatoms. The van der Waals surface area contributed by atoms with Crippen LogP contribution in [-0.2, 0) is 14.3 Å². The number of amides is 1. The number of alkyl halides is 2. The Labute approximate surface area is 263 Å². The van der Waals surface area contributed by atoms with Crippen LogP contribution in [0.2, 0.25) is 0 Å². The van der Waals surface area contributed by atoms with E-state index >= 15 is 0 Å². The Morgan fingerprint density at radius 1 is 1.07 bits per heavy atom. The lowest BCUT2D eigenvalue weighted by atomic mass is 9.69. The standard InChI is InChI=1S/C31H54Cl2N6O3/c1-5-41-29-15-24-21(12-26(29)37-30(40)9-7-11-39(3)4)31(20(16-34)17-36-24)38-25-13-23(33)28(14-22(25)32)42-18-27-19(2)8-6-10-35-27/h19-29,31,35-36,38H,5-15,17-18H2,1-4H3,(H,37,40). The molecule has 4 aliphatic rings. The van der Waals surface area contributed by atoms with E-state index < -0.39 is 0 Å². The number of ether oxygens (including phenoxy) is 2. The maximum Gasteiger partial charge on any atom is 0.220 e. The van der Waals surface area contributed by atoms with Gasteiger partial charge >= 0.3 is 0 Å². The first-order valence-electron chi connectivity index (χ1n) is 16.3. The zero-order chi connectivity index (χ0) is 30.2. The molecule has 240 valence electrons. The third-order valence-electron chi connectivity index (χ3n) is 9.98. The fourth-order valence-electron chi connectivity index (χ4n) is 7.52. The summed E-state index contributed by atoms with van der Waals surface area (Å²) in [6.45, 7) is 8.09. The minimum absolute atomic E-state index is 0.0102. The van der Waals surface area contributed by atoms with E-state index in [9.17, 15) is 10.1 Å². The molecular weight excluding hydrogens is 575 g/mol. The molecule has 1 amide bonds. The van der Waals surface area contributed by atoms with Crippen molar-refractivity contribution in [1.82, 2.24) is 26.2 Å². The smallest absolute Gasteiger partial charge is 0.220 e. The van der Waals surface area contributed by atoms with Gasteiger partial charge in [-0.15, -0.1) is 23.2 Å². The molecule has 2 saturated carbocycles. The number of fused-ring (bicyclic) bond motifs is 1. The Hall–Kier alpha value is -0.700. The highest BCUT2D eigenvalue weighted by atomic mass is 35.5. The van der Waals surface area contributed by atoms with Gasteiger partial charge in [0.05, 0.1) is 47.6 Å². The van der Waals surface area contributed by atoms with Crippen molar-refractivity contribution in [3.8, 4) is 6.07 Å². The maximum absolute atomic E-state index is 12.9. The summed E-state index contributed by atoms with van der Waals surface area (Å²) in [5.74, 6) is 0.629. The molecule has 0 aromatic rings. The van der Waals surface area contributed by atoms with E-state index in [0.717, 1.165) is 32.4 Å². The van der Waals surface area contributed by atoms with Crippen LogP contribution in [-0.4, -0.2) is 111 Å². The van der Waals surface area contributed by atoms with E-state index in [2.05, 4.69) is 39.2 Å². The summed E-state index contributed by atoms with van der Waals surface area (Å²) >= 11 is 13.9. The Kier molecular flexibility index (Phi) is 13.5. The molecule has 2 aliphatic heterocycles. The van der Waals surface area contributed by atoms with Gasteiger partial charge in [0.2, 0.25) is 5.91 Å². The van der Waals surface area contributed by atoms with Crippen LogP contribution in [0.3, 0.4) is 0 Å². The van der Waals surface area contributed by atoms with Crippen molar-refractivity contribution in [2.24, 2.45) is 17.8 Å².